The highest BCUT2D eigenvalue weighted by atomic mass is 19.2. The summed E-state index contributed by atoms with van der Waals surface area (Å²) in [6.07, 6.45) is 6.08. The van der Waals surface area contributed by atoms with Crippen molar-refractivity contribution < 1.29 is 27.4 Å². The fourth-order valence-electron chi connectivity index (χ4n) is 3.19. The Hall–Kier alpha value is -3.54. The minimum absolute atomic E-state index is 0.215. The van der Waals surface area contributed by atoms with Crippen molar-refractivity contribution in [2.45, 2.75) is 19.3 Å². The molecular weight excluding hydrogens is 417 g/mol. The minimum Gasteiger partial charge on any atom is -0.494 e. The molecule has 166 valence electrons. The first kappa shape index (κ1) is 23.1. The standard InChI is InChI=1S/C26H23F3O3/c1-31-23-16-15-22(24(28)25(23)29)26(30)32-21-13-11-20(12-14-21)19-9-7-18(8-10-19)6-4-2-3-5-17-27/h3,5,7-16H,2,4,6,17H2,1H3/b5-3+. The summed E-state index contributed by atoms with van der Waals surface area (Å²) < 4.78 is 49.8. The Bertz CT molecular complexity index is 1070. The number of rotatable bonds is 9. The lowest BCUT2D eigenvalue weighted by atomic mass is 10.0. The molecule has 3 nitrogen and oxygen atoms in total. The van der Waals surface area contributed by atoms with Crippen molar-refractivity contribution in [3.63, 3.8) is 0 Å². The lowest BCUT2D eigenvalue weighted by molar-refractivity contribution is 0.0728. The van der Waals surface area contributed by atoms with Gasteiger partial charge in [-0.15, -0.1) is 0 Å². The van der Waals surface area contributed by atoms with Crippen molar-refractivity contribution in [1.82, 2.24) is 0 Å². The fraction of sp³-hybridized carbons (Fsp3) is 0.192. The lowest BCUT2D eigenvalue weighted by Crippen LogP contribution is -2.12. The molecule has 3 aromatic carbocycles. The van der Waals surface area contributed by atoms with Crippen molar-refractivity contribution in [2.75, 3.05) is 13.8 Å². The van der Waals surface area contributed by atoms with Gasteiger partial charge in [0.05, 0.1) is 12.7 Å². The highest BCUT2D eigenvalue weighted by Gasteiger charge is 2.20. The van der Waals surface area contributed by atoms with Gasteiger partial charge in [0.25, 0.3) is 0 Å². The summed E-state index contributed by atoms with van der Waals surface area (Å²) in [7, 11) is 1.21. The number of esters is 1. The SMILES string of the molecule is COc1ccc(C(=O)Oc2ccc(-c3ccc(CCC/C=C/CF)cc3)cc2)c(F)c1F. The van der Waals surface area contributed by atoms with Gasteiger partial charge >= 0.3 is 5.97 Å². The molecule has 0 aliphatic heterocycles. The van der Waals surface area contributed by atoms with E-state index >= 15 is 0 Å². The van der Waals surface area contributed by atoms with Crippen LogP contribution in [0.2, 0.25) is 0 Å². The average Bonchev–Trinajstić information content (AvgIpc) is 2.81. The zero-order chi connectivity index (χ0) is 22.9. The van der Waals surface area contributed by atoms with Gasteiger partial charge in [-0.1, -0.05) is 48.6 Å². The minimum atomic E-state index is -1.32. The van der Waals surface area contributed by atoms with Crippen molar-refractivity contribution in [3.8, 4) is 22.6 Å². The maximum absolute atomic E-state index is 14.1. The summed E-state index contributed by atoms with van der Waals surface area (Å²) in [6.45, 7) is -0.427. The van der Waals surface area contributed by atoms with Gasteiger partial charge in [0.2, 0.25) is 5.82 Å². The smallest absolute Gasteiger partial charge is 0.346 e. The van der Waals surface area contributed by atoms with E-state index in [9.17, 15) is 18.0 Å². The Labute approximate surface area is 185 Å². The molecule has 0 N–H and O–H groups in total. The molecule has 3 aromatic rings. The van der Waals surface area contributed by atoms with Crippen molar-refractivity contribution in [2.24, 2.45) is 0 Å². The van der Waals surface area contributed by atoms with E-state index in [1.54, 1.807) is 24.3 Å². The normalized spacial score (nSPS) is 11.0. The van der Waals surface area contributed by atoms with E-state index in [0.29, 0.717) is 0 Å². The van der Waals surface area contributed by atoms with Crippen LogP contribution in [0.4, 0.5) is 13.2 Å². The van der Waals surface area contributed by atoms with E-state index in [0.717, 1.165) is 36.5 Å². The molecule has 3 rings (SSSR count). The van der Waals surface area contributed by atoms with Crippen molar-refractivity contribution >= 4 is 5.97 Å². The number of ether oxygens (including phenoxy) is 2. The first-order valence-corrected chi connectivity index (χ1v) is 10.2. The van der Waals surface area contributed by atoms with Crippen LogP contribution >= 0.6 is 0 Å². The monoisotopic (exact) mass is 440 g/mol. The number of carbonyl (C=O) groups excluding carboxylic acids is 1. The third kappa shape index (κ3) is 5.78. The van der Waals surface area contributed by atoms with Crippen molar-refractivity contribution in [1.29, 1.82) is 0 Å². The lowest BCUT2D eigenvalue weighted by Gasteiger charge is -2.09. The zero-order valence-electron chi connectivity index (χ0n) is 17.6. The third-order valence-electron chi connectivity index (χ3n) is 4.93. The van der Waals surface area contributed by atoms with Gasteiger partial charge in [0.15, 0.2) is 11.6 Å². The zero-order valence-corrected chi connectivity index (χ0v) is 17.6. The van der Waals surface area contributed by atoms with Gasteiger partial charge in [0, 0.05) is 0 Å². The first-order chi connectivity index (χ1) is 15.5. The molecule has 0 aliphatic carbocycles. The maximum Gasteiger partial charge on any atom is 0.346 e. The molecular formula is C26H23F3O3. The van der Waals surface area contributed by atoms with Crippen LogP contribution in [0.25, 0.3) is 11.1 Å². The average molecular weight is 440 g/mol. The second-order valence-electron chi connectivity index (χ2n) is 7.07. The molecule has 0 spiro atoms. The topological polar surface area (TPSA) is 35.5 Å². The number of halogens is 3. The molecule has 0 bridgehead atoms. The van der Waals surface area contributed by atoms with Gasteiger partial charge in [0.1, 0.15) is 12.4 Å². The number of allylic oxidation sites excluding steroid dienone is 2. The van der Waals surface area contributed by atoms with Crippen LogP contribution < -0.4 is 9.47 Å². The predicted molar refractivity (Wildman–Crippen MR) is 118 cm³/mol. The Morgan fingerprint density at radius 2 is 1.53 bits per heavy atom. The van der Waals surface area contributed by atoms with E-state index in [2.05, 4.69) is 0 Å². The van der Waals surface area contributed by atoms with Crippen LogP contribution in [0.5, 0.6) is 11.5 Å². The Balaban J connectivity index is 1.62. The molecule has 0 amide bonds. The Morgan fingerprint density at radius 3 is 2.16 bits per heavy atom. The van der Waals surface area contributed by atoms with Crippen molar-refractivity contribution in [3.05, 3.63) is 95.6 Å². The summed E-state index contributed by atoms with van der Waals surface area (Å²) in [5.74, 6) is -3.63. The number of hydrogen-bond acceptors (Lipinski definition) is 3. The van der Waals surface area contributed by atoms with Crippen LogP contribution in [-0.2, 0) is 6.42 Å². The van der Waals surface area contributed by atoms with Crippen LogP contribution in [0, 0.1) is 11.6 Å². The van der Waals surface area contributed by atoms with Gasteiger partial charge in [-0.25, -0.2) is 13.6 Å². The number of hydrogen-bond donors (Lipinski definition) is 0. The number of methoxy groups -OCH3 is 1. The summed E-state index contributed by atoms with van der Waals surface area (Å²) in [5.41, 5.74) is 2.60. The first-order valence-electron chi connectivity index (χ1n) is 10.2. The molecule has 0 aromatic heterocycles. The van der Waals surface area contributed by atoms with E-state index < -0.39 is 29.8 Å². The molecule has 32 heavy (non-hydrogen) atoms. The van der Waals surface area contributed by atoms with E-state index in [1.807, 2.05) is 30.3 Å². The highest BCUT2D eigenvalue weighted by molar-refractivity contribution is 5.91. The molecule has 0 atom stereocenters. The predicted octanol–water partition coefficient (Wildman–Crippen LogP) is 6.71. The number of benzene rings is 3. The number of unbranched alkanes of at least 4 members (excludes halogenated alkanes) is 1. The molecule has 0 radical (unpaired) electrons. The van der Waals surface area contributed by atoms with Gasteiger partial charge in [-0.2, -0.15) is 4.39 Å². The van der Waals surface area contributed by atoms with Crippen LogP contribution in [0.3, 0.4) is 0 Å². The summed E-state index contributed by atoms with van der Waals surface area (Å²) >= 11 is 0. The van der Waals surface area contributed by atoms with E-state index in [1.165, 1.54) is 24.8 Å². The fourth-order valence-corrected chi connectivity index (χ4v) is 3.19. The van der Waals surface area contributed by atoms with E-state index in [-0.39, 0.29) is 11.5 Å². The number of aryl methyl sites for hydroxylation is 1. The quantitative estimate of drug-likeness (QED) is 0.161. The molecule has 0 unspecified atom stereocenters. The molecule has 6 heteroatoms. The second kappa shape index (κ2) is 11.2. The van der Waals surface area contributed by atoms with Gasteiger partial charge < -0.3 is 9.47 Å². The largest absolute Gasteiger partial charge is 0.494 e. The van der Waals surface area contributed by atoms with E-state index in [4.69, 9.17) is 9.47 Å². The molecule has 0 saturated carbocycles. The Morgan fingerprint density at radius 1 is 0.875 bits per heavy atom. The summed E-state index contributed by atoms with van der Waals surface area (Å²) in [4.78, 5) is 12.2. The number of carbonyl (C=O) groups is 1. The van der Waals surface area contributed by atoms with Gasteiger partial charge in [-0.05, 0) is 60.2 Å². The van der Waals surface area contributed by atoms with Crippen LogP contribution in [0.15, 0.2) is 72.8 Å². The summed E-state index contributed by atoms with van der Waals surface area (Å²) in [6, 6.07) is 17.1. The molecule has 0 saturated heterocycles. The Kier molecular flexibility index (Phi) is 8.08. The third-order valence-corrected chi connectivity index (χ3v) is 4.93. The second-order valence-corrected chi connectivity index (χ2v) is 7.07. The van der Waals surface area contributed by atoms with Gasteiger partial charge in [-0.3, -0.25) is 0 Å². The summed E-state index contributed by atoms with van der Waals surface area (Å²) in [5, 5.41) is 0. The molecule has 0 fully saturated rings. The molecule has 0 heterocycles. The maximum atomic E-state index is 14.1. The van der Waals surface area contributed by atoms with Crippen LogP contribution in [-0.4, -0.2) is 19.8 Å². The number of alkyl halides is 1. The van der Waals surface area contributed by atoms with Crippen LogP contribution in [0.1, 0.15) is 28.8 Å². The highest BCUT2D eigenvalue weighted by Crippen LogP contribution is 2.26. The molecule has 0 aliphatic rings.